The predicted molar refractivity (Wildman–Crippen MR) is 101 cm³/mol. The summed E-state index contributed by atoms with van der Waals surface area (Å²) in [5.41, 5.74) is 5.84. The van der Waals surface area contributed by atoms with E-state index in [0.717, 1.165) is 12.1 Å². The first-order valence-electron chi connectivity index (χ1n) is 9.32. The second-order valence-corrected chi connectivity index (χ2v) is 7.24. The molecule has 1 aromatic carbocycles. The highest BCUT2D eigenvalue weighted by atomic mass is 19.4. The van der Waals surface area contributed by atoms with E-state index in [1.165, 1.54) is 18.3 Å². The van der Waals surface area contributed by atoms with Gasteiger partial charge in [-0.2, -0.15) is 13.2 Å². The van der Waals surface area contributed by atoms with Gasteiger partial charge < -0.3 is 10.1 Å². The van der Waals surface area contributed by atoms with Gasteiger partial charge in [0.25, 0.3) is 0 Å². The van der Waals surface area contributed by atoms with Crippen molar-refractivity contribution in [2.24, 2.45) is 5.92 Å². The molecule has 156 valence electrons. The number of hydrogen-bond acceptors (Lipinski definition) is 5. The number of carbonyl (C=O) groups excluding carboxylic acids is 1. The molecule has 9 heteroatoms. The van der Waals surface area contributed by atoms with Crippen LogP contribution in [-0.4, -0.2) is 23.0 Å². The maximum absolute atomic E-state index is 12.9. The summed E-state index contributed by atoms with van der Waals surface area (Å²) in [6.07, 6.45) is -2.31. The summed E-state index contributed by atoms with van der Waals surface area (Å²) in [6, 6.07) is 7.81. The normalized spacial score (nSPS) is 19.4. The van der Waals surface area contributed by atoms with Gasteiger partial charge in [-0.25, -0.2) is 10.4 Å². The molecule has 0 aliphatic carbocycles. The molecule has 0 bridgehead atoms. The van der Waals surface area contributed by atoms with Crippen molar-refractivity contribution in [1.29, 1.82) is 0 Å². The maximum atomic E-state index is 12.9. The maximum Gasteiger partial charge on any atom is 0.416 e. The zero-order valence-corrected chi connectivity index (χ0v) is 16.1. The largest absolute Gasteiger partial charge is 0.439 e. The number of pyridine rings is 1. The third-order valence-corrected chi connectivity index (χ3v) is 4.73. The lowest BCUT2D eigenvalue weighted by Gasteiger charge is -2.14. The number of benzene rings is 1. The molecule has 2 atom stereocenters. The van der Waals surface area contributed by atoms with Gasteiger partial charge in [-0.1, -0.05) is 26.0 Å². The Morgan fingerprint density at radius 1 is 1.28 bits per heavy atom. The van der Waals surface area contributed by atoms with Crippen LogP contribution in [0.3, 0.4) is 0 Å². The van der Waals surface area contributed by atoms with E-state index < -0.39 is 11.7 Å². The van der Waals surface area contributed by atoms with E-state index in [0.29, 0.717) is 17.9 Å². The van der Waals surface area contributed by atoms with Crippen molar-refractivity contribution >= 4 is 5.91 Å². The zero-order chi connectivity index (χ0) is 21.0. The molecule has 3 rings (SSSR count). The highest BCUT2D eigenvalue weighted by molar-refractivity contribution is 5.82. The van der Waals surface area contributed by atoms with E-state index in [-0.39, 0.29) is 36.2 Å². The minimum absolute atomic E-state index is 0.0209. The van der Waals surface area contributed by atoms with Gasteiger partial charge in [-0.3, -0.25) is 10.2 Å². The average Bonchev–Trinajstić information content (AvgIpc) is 3.17. The molecule has 6 nitrogen and oxygen atoms in total. The van der Waals surface area contributed by atoms with E-state index in [1.807, 2.05) is 0 Å². The van der Waals surface area contributed by atoms with Gasteiger partial charge in [-0.05, 0) is 36.6 Å². The smallest absolute Gasteiger partial charge is 0.416 e. The van der Waals surface area contributed by atoms with E-state index >= 15 is 0 Å². The van der Waals surface area contributed by atoms with Crippen LogP contribution in [0.4, 0.5) is 13.2 Å². The molecule has 29 heavy (non-hydrogen) atoms. The number of hydrazine groups is 1. The van der Waals surface area contributed by atoms with Gasteiger partial charge in [0.2, 0.25) is 11.8 Å². The number of rotatable bonds is 6. The van der Waals surface area contributed by atoms with Crippen LogP contribution in [0.2, 0.25) is 0 Å². The minimum Gasteiger partial charge on any atom is -0.439 e. The highest BCUT2D eigenvalue weighted by Gasteiger charge is 2.31. The van der Waals surface area contributed by atoms with Gasteiger partial charge in [0.05, 0.1) is 5.56 Å². The monoisotopic (exact) mass is 408 g/mol. The highest BCUT2D eigenvalue weighted by Crippen LogP contribution is 2.32. The molecule has 2 aromatic rings. The summed E-state index contributed by atoms with van der Waals surface area (Å²) in [5.74, 6) is 0.387. The molecule has 1 saturated heterocycles. The molecule has 0 radical (unpaired) electrons. The van der Waals surface area contributed by atoms with Crippen LogP contribution in [0.1, 0.15) is 31.4 Å². The Labute approximate surface area is 166 Å². The topological polar surface area (TPSA) is 75.3 Å². The first kappa shape index (κ1) is 21.1. The van der Waals surface area contributed by atoms with Crippen LogP contribution < -0.4 is 20.9 Å². The van der Waals surface area contributed by atoms with Crippen LogP contribution >= 0.6 is 0 Å². The standard InChI is InChI=1S/C20H23F3N4O2/c1-12(2)16-10-17(27-26-16)18(28)25-11-13-5-4-8-24-19(13)29-15-7-3-6-14(9-15)20(21,22)23/h3-9,12,16-17,26-27H,10-11H2,1-2H3,(H,25,28). The molecular formula is C20H23F3N4O2. The lowest BCUT2D eigenvalue weighted by Crippen LogP contribution is -2.43. The molecule has 0 spiro atoms. The number of ether oxygens (including phenoxy) is 1. The minimum atomic E-state index is -4.46. The van der Waals surface area contributed by atoms with Gasteiger partial charge in [0.15, 0.2) is 0 Å². The SMILES string of the molecule is CC(C)C1CC(C(=O)NCc2cccnc2Oc2cccc(C(F)(F)F)c2)NN1. The third-order valence-electron chi connectivity index (χ3n) is 4.73. The van der Waals surface area contributed by atoms with Crippen molar-refractivity contribution in [3.8, 4) is 11.6 Å². The van der Waals surface area contributed by atoms with Crippen LogP contribution in [0.25, 0.3) is 0 Å². The first-order chi connectivity index (χ1) is 13.7. The summed E-state index contributed by atoms with van der Waals surface area (Å²) in [6.45, 7) is 4.30. The average molecular weight is 408 g/mol. The molecule has 2 unspecified atom stereocenters. The number of aromatic nitrogens is 1. The quantitative estimate of drug-likeness (QED) is 0.683. The molecule has 1 amide bonds. The van der Waals surface area contributed by atoms with Crippen LogP contribution in [0.5, 0.6) is 11.6 Å². The fourth-order valence-corrected chi connectivity index (χ4v) is 2.99. The Morgan fingerprint density at radius 3 is 2.76 bits per heavy atom. The molecule has 1 aliphatic heterocycles. The van der Waals surface area contributed by atoms with Crippen molar-refractivity contribution in [2.45, 2.75) is 45.1 Å². The Bertz CT molecular complexity index is 858. The second kappa shape index (κ2) is 8.79. The zero-order valence-electron chi connectivity index (χ0n) is 16.1. The molecule has 1 aromatic heterocycles. The van der Waals surface area contributed by atoms with Crippen LogP contribution in [0.15, 0.2) is 42.6 Å². The van der Waals surface area contributed by atoms with Gasteiger partial charge in [0, 0.05) is 24.3 Å². The lowest BCUT2D eigenvalue weighted by atomic mass is 9.99. The Balaban J connectivity index is 1.65. The molecule has 3 N–H and O–H groups in total. The number of alkyl halides is 3. The number of carbonyl (C=O) groups is 1. The lowest BCUT2D eigenvalue weighted by molar-refractivity contribution is -0.137. The predicted octanol–water partition coefficient (Wildman–Crippen LogP) is 3.40. The first-order valence-corrected chi connectivity index (χ1v) is 9.32. The summed E-state index contributed by atoms with van der Waals surface area (Å²) >= 11 is 0. The van der Waals surface area contributed by atoms with Crippen molar-refractivity contribution in [3.63, 3.8) is 0 Å². The summed E-state index contributed by atoms with van der Waals surface area (Å²) < 4.78 is 44.2. The fraction of sp³-hybridized carbons (Fsp3) is 0.400. The number of nitrogens with one attached hydrogen (secondary N) is 3. The van der Waals surface area contributed by atoms with E-state index in [2.05, 4.69) is 35.0 Å². The number of amides is 1. The fourth-order valence-electron chi connectivity index (χ4n) is 2.99. The van der Waals surface area contributed by atoms with Crippen molar-refractivity contribution in [2.75, 3.05) is 0 Å². The van der Waals surface area contributed by atoms with Gasteiger partial charge >= 0.3 is 6.18 Å². The Morgan fingerprint density at radius 2 is 2.07 bits per heavy atom. The van der Waals surface area contributed by atoms with Crippen LogP contribution in [0, 0.1) is 5.92 Å². The summed E-state index contributed by atoms with van der Waals surface area (Å²) in [7, 11) is 0. The van der Waals surface area contributed by atoms with E-state index in [9.17, 15) is 18.0 Å². The number of hydrogen-bond donors (Lipinski definition) is 3. The molecule has 1 fully saturated rings. The van der Waals surface area contributed by atoms with E-state index in [4.69, 9.17) is 4.74 Å². The molecule has 1 aliphatic rings. The van der Waals surface area contributed by atoms with Crippen molar-refractivity contribution < 1.29 is 22.7 Å². The van der Waals surface area contributed by atoms with Gasteiger partial charge in [0.1, 0.15) is 11.8 Å². The Kier molecular flexibility index (Phi) is 6.39. The third kappa shape index (κ3) is 5.45. The molecular weight excluding hydrogens is 385 g/mol. The molecule has 0 saturated carbocycles. The number of nitrogens with zero attached hydrogens (tertiary/aromatic N) is 1. The number of halogens is 3. The van der Waals surface area contributed by atoms with E-state index in [1.54, 1.807) is 12.1 Å². The Hall–Kier alpha value is -2.65. The molecule has 2 heterocycles. The van der Waals surface area contributed by atoms with Crippen molar-refractivity contribution in [1.82, 2.24) is 21.2 Å². The van der Waals surface area contributed by atoms with Gasteiger partial charge in [-0.15, -0.1) is 0 Å². The second-order valence-electron chi connectivity index (χ2n) is 7.24. The van der Waals surface area contributed by atoms with Crippen molar-refractivity contribution in [3.05, 3.63) is 53.7 Å². The summed E-state index contributed by atoms with van der Waals surface area (Å²) in [4.78, 5) is 16.5. The summed E-state index contributed by atoms with van der Waals surface area (Å²) in [5, 5.41) is 2.82. The van der Waals surface area contributed by atoms with Crippen LogP contribution in [-0.2, 0) is 17.5 Å².